The number of anilines is 1. The van der Waals surface area contributed by atoms with E-state index >= 15 is 0 Å². The van der Waals surface area contributed by atoms with E-state index in [0.717, 1.165) is 0 Å². The van der Waals surface area contributed by atoms with Gasteiger partial charge in [0.2, 0.25) is 0 Å². The van der Waals surface area contributed by atoms with Crippen molar-refractivity contribution in [3.63, 3.8) is 0 Å². The van der Waals surface area contributed by atoms with Crippen molar-refractivity contribution in [2.24, 2.45) is 0 Å². The first-order valence-electron chi connectivity index (χ1n) is 6.28. The molecular formula is C14H17NO6. The van der Waals surface area contributed by atoms with Gasteiger partial charge in [0.25, 0.3) is 5.91 Å². The maximum atomic E-state index is 11.5. The van der Waals surface area contributed by atoms with Crippen LogP contribution in [-0.2, 0) is 23.8 Å². The van der Waals surface area contributed by atoms with E-state index in [1.807, 2.05) is 0 Å². The van der Waals surface area contributed by atoms with E-state index in [1.54, 1.807) is 19.1 Å². The highest BCUT2D eigenvalue weighted by Gasteiger charge is 2.09. The van der Waals surface area contributed by atoms with Crippen molar-refractivity contribution in [1.29, 1.82) is 0 Å². The van der Waals surface area contributed by atoms with Crippen molar-refractivity contribution in [1.82, 2.24) is 0 Å². The molecule has 7 nitrogen and oxygen atoms in total. The fourth-order valence-electron chi connectivity index (χ4n) is 1.38. The zero-order valence-electron chi connectivity index (χ0n) is 11.9. The molecule has 0 aromatic heterocycles. The Morgan fingerprint density at radius 3 is 2.33 bits per heavy atom. The van der Waals surface area contributed by atoms with Gasteiger partial charge < -0.3 is 19.5 Å². The first-order valence-corrected chi connectivity index (χ1v) is 6.28. The molecule has 0 saturated carbocycles. The van der Waals surface area contributed by atoms with Gasteiger partial charge in [0.05, 0.1) is 12.7 Å². The number of esters is 2. The second-order valence-corrected chi connectivity index (χ2v) is 3.91. The number of ether oxygens (including phenoxy) is 3. The van der Waals surface area contributed by atoms with E-state index in [4.69, 9.17) is 9.47 Å². The Labute approximate surface area is 122 Å². The van der Waals surface area contributed by atoms with E-state index in [-0.39, 0.29) is 6.61 Å². The third-order valence-corrected chi connectivity index (χ3v) is 2.38. The Kier molecular flexibility index (Phi) is 6.90. The lowest BCUT2D eigenvalue weighted by molar-refractivity contribution is -0.151. The van der Waals surface area contributed by atoms with Gasteiger partial charge in [-0.25, -0.2) is 9.59 Å². The average Bonchev–Trinajstić information content (AvgIpc) is 2.50. The molecule has 7 heteroatoms. The highest BCUT2D eigenvalue weighted by molar-refractivity contribution is 5.94. The third-order valence-electron chi connectivity index (χ3n) is 2.38. The molecule has 1 aromatic rings. The van der Waals surface area contributed by atoms with Gasteiger partial charge in [0.15, 0.2) is 6.61 Å². The highest BCUT2D eigenvalue weighted by atomic mass is 16.6. The number of hydrogen-bond donors (Lipinski definition) is 1. The average molecular weight is 295 g/mol. The number of carbonyl (C=O) groups excluding carboxylic acids is 3. The van der Waals surface area contributed by atoms with Crippen molar-refractivity contribution in [3.8, 4) is 0 Å². The van der Waals surface area contributed by atoms with E-state index < -0.39 is 24.5 Å². The summed E-state index contributed by atoms with van der Waals surface area (Å²) in [6, 6.07) is 6.13. The molecule has 0 radical (unpaired) electrons. The van der Waals surface area contributed by atoms with Gasteiger partial charge in [-0.15, -0.1) is 0 Å². The lowest BCUT2D eigenvalue weighted by atomic mass is 10.2. The molecule has 0 aliphatic rings. The normalized spacial score (nSPS) is 9.81. The van der Waals surface area contributed by atoms with E-state index in [1.165, 1.54) is 19.2 Å². The molecule has 0 aliphatic heterocycles. The molecule has 1 amide bonds. The molecule has 0 unspecified atom stereocenters. The van der Waals surface area contributed by atoms with Crippen LogP contribution in [0.5, 0.6) is 0 Å². The van der Waals surface area contributed by atoms with Crippen molar-refractivity contribution >= 4 is 23.5 Å². The van der Waals surface area contributed by atoms with Crippen LogP contribution in [0, 0.1) is 0 Å². The third kappa shape index (κ3) is 6.05. The Balaban J connectivity index is 2.41. The van der Waals surface area contributed by atoms with Crippen LogP contribution in [0.25, 0.3) is 0 Å². The molecule has 0 saturated heterocycles. The molecule has 0 fully saturated rings. The quantitative estimate of drug-likeness (QED) is 0.754. The van der Waals surface area contributed by atoms with Gasteiger partial charge >= 0.3 is 11.9 Å². The van der Waals surface area contributed by atoms with Crippen molar-refractivity contribution < 1.29 is 28.6 Å². The fraction of sp³-hybridized carbons (Fsp3) is 0.357. The first-order chi connectivity index (χ1) is 10.1. The summed E-state index contributed by atoms with van der Waals surface area (Å²) in [6.45, 7) is 1.56. The number of methoxy groups -OCH3 is 1. The molecule has 1 rings (SSSR count). The van der Waals surface area contributed by atoms with Gasteiger partial charge in [-0.3, -0.25) is 4.79 Å². The van der Waals surface area contributed by atoms with Gasteiger partial charge in [-0.1, -0.05) is 0 Å². The van der Waals surface area contributed by atoms with Gasteiger partial charge in [-0.05, 0) is 31.2 Å². The fourth-order valence-corrected chi connectivity index (χ4v) is 1.38. The monoisotopic (exact) mass is 295 g/mol. The lowest BCUT2D eigenvalue weighted by Crippen LogP contribution is -2.22. The molecule has 0 aliphatic carbocycles. The number of hydrogen-bond acceptors (Lipinski definition) is 6. The van der Waals surface area contributed by atoms with Crippen molar-refractivity contribution in [2.75, 3.05) is 32.2 Å². The van der Waals surface area contributed by atoms with Gasteiger partial charge in [0, 0.05) is 12.3 Å². The van der Waals surface area contributed by atoms with Gasteiger partial charge in [0.1, 0.15) is 6.61 Å². The minimum Gasteiger partial charge on any atom is -0.465 e. The van der Waals surface area contributed by atoms with Crippen LogP contribution in [0.3, 0.4) is 0 Å². The number of nitrogens with one attached hydrogen (secondary N) is 1. The number of benzene rings is 1. The maximum Gasteiger partial charge on any atom is 0.337 e. The first kappa shape index (κ1) is 16.6. The number of amides is 1. The molecule has 114 valence electrons. The largest absolute Gasteiger partial charge is 0.465 e. The van der Waals surface area contributed by atoms with Crippen LogP contribution >= 0.6 is 0 Å². The summed E-state index contributed by atoms with van der Waals surface area (Å²) in [5.74, 6) is -1.54. The summed E-state index contributed by atoms with van der Waals surface area (Å²) in [4.78, 5) is 33.9. The summed E-state index contributed by atoms with van der Waals surface area (Å²) in [7, 11) is 1.29. The van der Waals surface area contributed by atoms with Gasteiger partial charge in [-0.2, -0.15) is 0 Å². The molecular weight excluding hydrogens is 278 g/mol. The van der Waals surface area contributed by atoms with E-state index in [0.29, 0.717) is 17.9 Å². The standard InChI is InChI=1S/C14H17NO6/c1-3-20-9-13(17)21-8-12(16)15-11-6-4-10(5-7-11)14(18)19-2/h4-7H,3,8-9H2,1-2H3,(H,15,16). The van der Waals surface area contributed by atoms with Crippen LogP contribution < -0.4 is 5.32 Å². The summed E-state index contributed by atoms with van der Waals surface area (Å²) >= 11 is 0. The van der Waals surface area contributed by atoms with Crippen LogP contribution in [0.15, 0.2) is 24.3 Å². The smallest absolute Gasteiger partial charge is 0.337 e. The Bertz CT molecular complexity index is 497. The van der Waals surface area contributed by atoms with Crippen LogP contribution in [-0.4, -0.2) is 44.8 Å². The van der Waals surface area contributed by atoms with Crippen LogP contribution in [0.2, 0.25) is 0 Å². The van der Waals surface area contributed by atoms with Crippen molar-refractivity contribution in [2.45, 2.75) is 6.92 Å². The lowest BCUT2D eigenvalue weighted by Gasteiger charge is -2.07. The molecule has 0 heterocycles. The Morgan fingerprint density at radius 2 is 1.76 bits per heavy atom. The summed E-state index contributed by atoms with van der Waals surface area (Å²) < 4.78 is 14.1. The molecule has 1 N–H and O–H groups in total. The van der Waals surface area contributed by atoms with E-state index in [2.05, 4.69) is 10.1 Å². The minimum absolute atomic E-state index is 0.183. The summed E-state index contributed by atoms with van der Waals surface area (Å²) in [5, 5.41) is 2.53. The molecule has 0 atom stereocenters. The molecule has 0 spiro atoms. The Hall–Kier alpha value is -2.41. The Morgan fingerprint density at radius 1 is 1.10 bits per heavy atom. The number of rotatable bonds is 7. The second kappa shape index (κ2) is 8.70. The van der Waals surface area contributed by atoms with Crippen LogP contribution in [0.4, 0.5) is 5.69 Å². The second-order valence-electron chi connectivity index (χ2n) is 3.91. The number of carbonyl (C=O) groups is 3. The highest BCUT2D eigenvalue weighted by Crippen LogP contribution is 2.10. The topological polar surface area (TPSA) is 90.9 Å². The molecule has 1 aromatic carbocycles. The minimum atomic E-state index is -0.604. The maximum absolute atomic E-state index is 11.5. The van der Waals surface area contributed by atoms with E-state index in [9.17, 15) is 14.4 Å². The summed E-state index contributed by atoms with van der Waals surface area (Å²) in [6.07, 6.45) is 0. The SMILES string of the molecule is CCOCC(=O)OCC(=O)Nc1ccc(C(=O)OC)cc1. The zero-order chi connectivity index (χ0) is 15.7. The predicted octanol–water partition coefficient (Wildman–Crippen LogP) is 0.991. The summed E-state index contributed by atoms with van der Waals surface area (Å²) in [5.41, 5.74) is 0.854. The van der Waals surface area contributed by atoms with Crippen molar-refractivity contribution in [3.05, 3.63) is 29.8 Å². The zero-order valence-corrected chi connectivity index (χ0v) is 11.9. The predicted molar refractivity (Wildman–Crippen MR) is 73.9 cm³/mol. The molecule has 21 heavy (non-hydrogen) atoms. The molecule has 0 bridgehead atoms. The van der Waals surface area contributed by atoms with Crippen LogP contribution in [0.1, 0.15) is 17.3 Å².